The molecule has 0 aromatic rings. The fraction of sp³-hybridized carbons (Fsp3) is 0.793. The Hall–Kier alpha value is -0.940. The Morgan fingerprint density at radius 1 is 1.09 bits per heavy atom. The standard InChI is InChI=1S/C29H45NO3/c1-19(17-30-14-13-29(33,18-30)23-8-9-23)24-10-11-25-22(5-4-12-28(24,25)3)7-6-21-15-26(31)20(2)27(32)16-21/h6-7,19,23-27,31-33H,2,4-5,8-18H2,1,3H3/b22-7+/t19?,24-,25+,26-,27-,28-,29?/m1/s1. The molecule has 7 atom stereocenters. The van der Waals surface area contributed by atoms with Crippen molar-refractivity contribution in [2.75, 3.05) is 19.6 Å². The van der Waals surface area contributed by atoms with Crippen molar-refractivity contribution in [1.29, 1.82) is 0 Å². The molecule has 4 heteroatoms. The van der Waals surface area contributed by atoms with Gasteiger partial charge in [0.1, 0.15) is 0 Å². The number of β-amino-alcohol motifs (C(OH)–C–C–N with tert-alkyl or cyclic N) is 1. The number of rotatable bonds is 5. The van der Waals surface area contributed by atoms with Crippen molar-refractivity contribution in [3.05, 3.63) is 35.5 Å². The summed E-state index contributed by atoms with van der Waals surface area (Å²) in [5.74, 6) is 2.63. The highest BCUT2D eigenvalue weighted by Gasteiger charge is 2.52. The first kappa shape index (κ1) is 23.8. The minimum Gasteiger partial charge on any atom is -0.388 e. The molecule has 1 heterocycles. The Morgan fingerprint density at radius 2 is 1.82 bits per heavy atom. The number of hydrogen-bond acceptors (Lipinski definition) is 4. The maximum absolute atomic E-state index is 11.0. The third-order valence-corrected chi connectivity index (χ3v) is 10.3. The molecule has 5 rings (SSSR count). The largest absolute Gasteiger partial charge is 0.388 e. The molecule has 5 fully saturated rings. The summed E-state index contributed by atoms with van der Waals surface area (Å²) in [6.07, 6.45) is 14.3. The Morgan fingerprint density at radius 3 is 2.52 bits per heavy atom. The Bertz CT molecular complexity index is 813. The van der Waals surface area contributed by atoms with Crippen LogP contribution in [0.2, 0.25) is 0 Å². The van der Waals surface area contributed by atoms with E-state index in [1.807, 2.05) is 0 Å². The van der Waals surface area contributed by atoms with Gasteiger partial charge in [-0.15, -0.1) is 0 Å². The molecular formula is C29H45NO3. The van der Waals surface area contributed by atoms with Crippen LogP contribution >= 0.6 is 0 Å². The summed E-state index contributed by atoms with van der Waals surface area (Å²) < 4.78 is 0. The van der Waals surface area contributed by atoms with Crippen molar-refractivity contribution in [1.82, 2.24) is 4.90 Å². The molecule has 0 amide bonds. The molecule has 2 unspecified atom stereocenters. The fourth-order valence-electron chi connectivity index (χ4n) is 8.18. The molecule has 5 aliphatic rings. The molecule has 0 spiro atoms. The molecule has 0 aromatic heterocycles. The van der Waals surface area contributed by atoms with Gasteiger partial charge in [-0.2, -0.15) is 0 Å². The summed E-state index contributed by atoms with van der Waals surface area (Å²) in [6.45, 7) is 11.9. The van der Waals surface area contributed by atoms with Crippen molar-refractivity contribution < 1.29 is 15.3 Å². The van der Waals surface area contributed by atoms with Crippen LogP contribution in [0.1, 0.15) is 78.1 Å². The first-order chi connectivity index (χ1) is 15.7. The predicted molar refractivity (Wildman–Crippen MR) is 133 cm³/mol. The molecule has 1 saturated heterocycles. The molecular weight excluding hydrogens is 410 g/mol. The quantitative estimate of drug-likeness (QED) is 0.530. The molecule has 1 aliphatic heterocycles. The molecule has 4 saturated carbocycles. The van der Waals surface area contributed by atoms with Crippen molar-refractivity contribution in [2.45, 2.75) is 95.9 Å². The Labute approximate surface area is 200 Å². The summed E-state index contributed by atoms with van der Waals surface area (Å²) in [4.78, 5) is 2.55. The van der Waals surface area contributed by atoms with Gasteiger partial charge in [-0.05, 0) is 98.9 Å². The predicted octanol–water partition coefficient (Wildman–Crippen LogP) is 4.61. The first-order valence-corrected chi connectivity index (χ1v) is 13.6. The second kappa shape index (κ2) is 8.93. The summed E-state index contributed by atoms with van der Waals surface area (Å²) in [5, 5.41) is 31.3. The zero-order valence-electron chi connectivity index (χ0n) is 20.8. The normalized spacial score (nSPS) is 44.3. The topological polar surface area (TPSA) is 63.9 Å². The highest BCUT2D eigenvalue weighted by molar-refractivity contribution is 5.29. The van der Waals surface area contributed by atoms with E-state index >= 15 is 0 Å². The molecule has 0 radical (unpaired) electrons. The lowest BCUT2D eigenvalue weighted by atomic mass is 9.61. The molecule has 184 valence electrons. The second-order valence-corrected chi connectivity index (χ2v) is 12.5. The molecule has 33 heavy (non-hydrogen) atoms. The number of aliphatic hydroxyl groups is 3. The van der Waals surface area contributed by atoms with Gasteiger partial charge in [0.05, 0.1) is 17.8 Å². The van der Waals surface area contributed by atoms with E-state index in [0.29, 0.717) is 41.6 Å². The van der Waals surface area contributed by atoms with E-state index in [1.165, 1.54) is 44.9 Å². The second-order valence-electron chi connectivity index (χ2n) is 12.5. The number of nitrogens with zero attached hydrogens (tertiary/aromatic N) is 1. The number of hydrogen-bond donors (Lipinski definition) is 3. The summed E-state index contributed by atoms with van der Waals surface area (Å²) >= 11 is 0. The Balaban J connectivity index is 1.24. The van der Waals surface area contributed by atoms with Crippen LogP contribution in [0.4, 0.5) is 0 Å². The Kier molecular flexibility index (Phi) is 6.44. The van der Waals surface area contributed by atoms with Gasteiger partial charge in [-0.1, -0.05) is 43.7 Å². The van der Waals surface area contributed by atoms with Crippen LogP contribution in [0.15, 0.2) is 35.5 Å². The molecule has 4 nitrogen and oxygen atoms in total. The first-order valence-electron chi connectivity index (χ1n) is 13.6. The molecule has 0 aromatic carbocycles. The average molecular weight is 456 g/mol. The molecule has 0 bridgehead atoms. The lowest BCUT2D eigenvalue weighted by molar-refractivity contribution is 0.0216. The van der Waals surface area contributed by atoms with E-state index in [2.05, 4.69) is 37.5 Å². The van der Waals surface area contributed by atoms with Gasteiger partial charge in [-0.25, -0.2) is 0 Å². The van der Waals surface area contributed by atoms with Crippen LogP contribution in [0.3, 0.4) is 0 Å². The monoisotopic (exact) mass is 455 g/mol. The van der Waals surface area contributed by atoms with Crippen LogP contribution in [0.25, 0.3) is 0 Å². The number of fused-ring (bicyclic) bond motifs is 1. The lowest BCUT2D eigenvalue weighted by Crippen LogP contribution is -2.41. The van der Waals surface area contributed by atoms with Crippen LogP contribution < -0.4 is 0 Å². The highest BCUT2D eigenvalue weighted by atomic mass is 16.3. The van der Waals surface area contributed by atoms with Crippen molar-refractivity contribution >= 4 is 0 Å². The van der Waals surface area contributed by atoms with E-state index in [9.17, 15) is 15.3 Å². The van der Waals surface area contributed by atoms with Gasteiger partial charge in [0.2, 0.25) is 0 Å². The number of likely N-dealkylation sites (tertiary alicyclic amines) is 1. The van der Waals surface area contributed by atoms with Crippen LogP contribution in [-0.2, 0) is 0 Å². The molecule has 3 N–H and O–H groups in total. The van der Waals surface area contributed by atoms with E-state index in [0.717, 1.165) is 37.5 Å². The van der Waals surface area contributed by atoms with Crippen LogP contribution in [0, 0.1) is 29.1 Å². The fourth-order valence-corrected chi connectivity index (χ4v) is 8.18. The van der Waals surface area contributed by atoms with Gasteiger partial charge in [0.15, 0.2) is 0 Å². The molecule has 4 aliphatic carbocycles. The van der Waals surface area contributed by atoms with Gasteiger partial charge < -0.3 is 20.2 Å². The summed E-state index contributed by atoms with van der Waals surface area (Å²) in [7, 11) is 0. The van der Waals surface area contributed by atoms with Gasteiger partial charge in [0.25, 0.3) is 0 Å². The van der Waals surface area contributed by atoms with Gasteiger partial charge >= 0.3 is 0 Å². The van der Waals surface area contributed by atoms with E-state index in [4.69, 9.17) is 0 Å². The third-order valence-electron chi connectivity index (χ3n) is 10.3. The van der Waals surface area contributed by atoms with Gasteiger partial charge in [0, 0.05) is 19.6 Å². The highest BCUT2D eigenvalue weighted by Crippen LogP contribution is 2.59. The number of aliphatic hydroxyl groups excluding tert-OH is 2. The average Bonchev–Trinajstić information content (AvgIpc) is 3.48. The minimum absolute atomic E-state index is 0.369. The van der Waals surface area contributed by atoms with Crippen molar-refractivity contribution in [3.63, 3.8) is 0 Å². The SMILES string of the molecule is C=C1[C@H](O)CC(=C/C=C2\CCC[C@]3(C)[C@@H](C(C)CN4CCC(O)(C5CC5)C4)CC[C@@H]23)C[C@H]1O. The lowest BCUT2D eigenvalue weighted by Gasteiger charge is -2.45. The van der Waals surface area contributed by atoms with Crippen molar-refractivity contribution in [2.24, 2.45) is 29.1 Å². The van der Waals surface area contributed by atoms with Gasteiger partial charge in [-0.3, -0.25) is 0 Å². The van der Waals surface area contributed by atoms with E-state index in [-0.39, 0.29) is 0 Å². The zero-order chi connectivity index (χ0) is 23.4. The third kappa shape index (κ3) is 4.53. The van der Waals surface area contributed by atoms with Crippen LogP contribution in [0.5, 0.6) is 0 Å². The smallest absolute Gasteiger partial charge is 0.0814 e. The minimum atomic E-state index is -0.616. The summed E-state index contributed by atoms with van der Waals surface area (Å²) in [6, 6.07) is 0. The van der Waals surface area contributed by atoms with Crippen molar-refractivity contribution in [3.8, 4) is 0 Å². The zero-order valence-corrected chi connectivity index (χ0v) is 20.8. The summed E-state index contributed by atoms with van der Waals surface area (Å²) in [5.41, 5.74) is 3.26. The maximum Gasteiger partial charge on any atom is 0.0814 e. The van der Waals surface area contributed by atoms with Crippen LogP contribution in [-0.4, -0.2) is 57.7 Å². The van der Waals surface area contributed by atoms with E-state index < -0.39 is 17.8 Å². The van der Waals surface area contributed by atoms with E-state index in [1.54, 1.807) is 5.57 Å². The number of allylic oxidation sites excluding steroid dienone is 3. The maximum atomic E-state index is 11.0.